The van der Waals surface area contributed by atoms with Crippen molar-refractivity contribution in [2.24, 2.45) is 0 Å². The highest BCUT2D eigenvalue weighted by molar-refractivity contribution is 6.07. The summed E-state index contributed by atoms with van der Waals surface area (Å²) < 4.78 is 11.0. The number of benzene rings is 1. The van der Waals surface area contributed by atoms with Crippen molar-refractivity contribution in [1.82, 2.24) is 0 Å². The van der Waals surface area contributed by atoms with Crippen molar-refractivity contribution in [2.45, 2.75) is 30.8 Å². The third-order valence-electron chi connectivity index (χ3n) is 4.22. The van der Waals surface area contributed by atoms with Gasteiger partial charge in [-0.3, -0.25) is 4.79 Å². The Morgan fingerprint density at radius 2 is 2.28 bits per heavy atom. The number of hydrogen-bond donors (Lipinski definition) is 1. The molecule has 2 heterocycles. The number of hydrogen-bond acceptors (Lipinski definition) is 3. The van der Waals surface area contributed by atoms with E-state index < -0.39 is 0 Å². The second-order valence-electron chi connectivity index (χ2n) is 5.33. The molecule has 1 aliphatic carbocycles. The molecule has 4 rings (SSSR count). The largest absolute Gasteiger partial charge is 0.490 e. The van der Waals surface area contributed by atoms with E-state index in [4.69, 9.17) is 9.47 Å². The number of carbonyl (C=O) groups is 1. The molecule has 1 atom stereocenters. The molecule has 0 radical (unpaired) electrons. The average molecular weight is 245 g/mol. The molecule has 0 bridgehead atoms. The zero-order valence-electron chi connectivity index (χ0n) is 10.1. The van der Waals surface area contributed by atoms with Crippen molar-refractivity contribution >= 4 is 11.6 Å². The molecule has 3 aliphatic rings. The van der Waals surface area contributed by atoms with Gasteiger partial charge in [0.25, 0.3) is 0 Å². The first kappa shape index (κ1) is 10.4. The number of anilines is 1. The lowest BCUT2D eigenvalue weighted by Gasteiger charge is -2.36. The van der Waals surface area contributed by atoms with E-state index in [0.717, 1.165) is 42.9 Å². The van der Waals surface area contributed by atoms with Crippen LogP contribution in [0, 0.1) is 0 Å². The van der Waals surface area contributed by atoms with Gasteiger partial charge in [-0.1, -0.05) is 12.5 Å². The Labute approximate surface area is 105 Å². The lowest BCUT2D eigenvalue weighted by Crippen LogP contribution is -2.41. The molecule has 1 spiro atoms. The van der Waals surface area contributed by atoms with E-state index in [0.29, 0.717) is 6.61 Å². The number of carbonyl (C=O) groups excluding carboxylic acids is 1. The van der Waals surface area contributed by atoms with Crippen LogP contribution in [0.5, 0.6) is 5.75 Å². The number of amides is 1. The van der Waals surface area contributed by atoms with E-state index in [-0.39, 0.29) is 17.4 Å². The number of nitrogens with one attached hydrogen (secondary N) is 1. The maximum absolute atomic E-state index is 12.1. The maximum Gasteiger partial charge on any atom is 0.235 e. The van der Waals surface area contributed by atoms with Gasteiger partial charge in [0.15, 0.2) is 0 Å². The highest BCUT2D eigenvalue weighted by atomic mass is 16.6. The van der Waals surface area contributed by atoms with E-state index >= 15 is 0 Å². The molecule has 4 nitrogen and oxygen atoms in total. The standard InChI is InChI=1S/C14H15NO3/c16-13-14(5-2-6-14)12-10(15-13)3-1-4-11(12)18-8-9-7-17-9/h1,3-4,9H,2,5-8H2,(H,15,16)/t9-/m0/s1. The number of ether oxygens (including phenoxy) is 2. The summed E-state index contributed by atoms with van der Waals surface area (Å²) >= 11 is 0. The van der Waals surface area contributed by atoms with Gasteiger partial charge in [-0.05, 0) is 25.0 Å². The molecule has 94 valence electrons. The third kappa shape index (κ3) is 1.32. The highest BCUT2D eigenvalue weighted by Gasteiger charge is 2.52. The number of epoxide rings is 1. The van der Waals surface area contributed by atoms with Gasteiger partial charge in [0.05, 0.1) is 12.0 Å². The molecule has 0 unspecified atom stereocenters. The molecular weight excluding hydrogens is 230 g/mol. The van der Waals surface area contributed by atoms with Crippen molar-refractivity contribution in [3.8, 4) is 5.75 Å². The highest BCUT2D eigenvalue weighted by Crippen LogP contribution is 2.54. The van der Waals surface area contributed by atoms with Gasteiger partial charge in [0.1, 0.15) is 18.5 Å². The van der Waals surface area contributed by atoms with Gasteiger partial charge in [-0.25, -0.2) is 0 Å². The summed E-state index contributed by atoms with van der Waals surface area (Å²) in [7, 11) is 0. The minimum Gasteiger partial charge on any atom is -0.490 e. The normalized spacial score (nSPS) is 26.4. The van der Waals surface area contributed by atoms with Crippen LogP contribution in [-0.4, -0.2) is 25.2 Å². The third-order valence-corrected chi connectivity index (χ3v) is 4.22. The van der Waals surface area contributed by atoms with Crippen LogP contribution >= 0.6 is 0 Å². The van der Waals surface area contributed by atoms with Crippen LogP contribution in [-0.2, 0) is 14.9 Å². The first-order chi connectivity index (χ1) is 8.79. The van der Waals surface area contributed by atoms with E-state index in [1.807, 2.05) is 18.2 Å². The predicted octanol–water partition coefficient (Wildman–Crippen LogP) is 1.84. The predicted molar refractivity (Wildman–Crippen MR) is 65.8 cm³/mol. The summed E-state index contributed by atoms with van der Waals surface area (Å²) in [6.45, 7) is 1.37. The average Bonchev–Trinajstić information content (AvgIpc) is 3.06. The van der Waals surface area contributed by atoms with Crippen molar-refractivity contribution in [3.05, 3.63) is 23.8 Å². The molecule has 1 aromatic carbocycles. The van der Waals surface area contributed by atoms with Gasteiger partial charge in [-0.15, -0.1) is 0 Å². The van der Waals surface area contributed by atoms with Crippen molar-refractivity contribution < 1.29 is 14.3 Å². The first-order valence-electron chi connectivity index (χ1n) is 6.49. The molecule has 18 heavy (non-hydrogen) atoms. The number of rotatable bonds is 3. The molecule has 1 saturated heterocycles. The van der Waals surface area contributed by atoms with Crippen LogP contribution in [0.3, 0.4) is 0 Å². The smallest absolute Gasteiger partial charge is 0.235 e. The summed E-state index contributed by atoms with van der Waals surface area (Å²) in [5, 5.41) is 2.98. The fraction of sp³-hybridized carbons (Fsp3) is 0.500. The summed E-state index contributed by atoms with van der Waals surface area (Å²) in [6.07, 6.45) is 3.23. The van der Waals surface area contributed by atoms with Crippen LogP contribution in [0.2, 0.25) is 0 Å². The van der Waals surface area contributed by atoms with Crippen LogP contribution in [0.1, 0.15) is 24.8 Å². The molecular formula is C14H15NO3. The lowest BCUT2D eigenvalue weighted by atomic mass is 9.65. The zero-order valence-corrected chi connectivity index (χ0v) is 10.1. The molecule has 1 aromatic rings. The van der Waals surface area contributed by atoms with Gasteiger partial charge in [0, 0.05) is 11.3 Å². The fourth-order valence-corrected chi connectivity index (χ4v) is 2.96. The van der Waals surface area contributed by atoms with Crippen LogP contribution in [0.4, 0.5) is 5.69 Å². The van der Waals surface area contributed by atoms with Gasteiger partial charge >= 0.3 is 0 Å². The maximum atomic E-state index is 12.1. The lowest BCUT2D eigenvalue weighted by molar-refractivity contribution is -0.123. The van der Waals surface area contributed by atoms with Crippen LogP contribution in [0.25, 0.3) is 0 Å². The SMILES string of the molecule is O=C1Nc2cccc(OC[C@@H]3CO3)c2C12CCC2. The minimum absolute atomic E-state index is 0.141. The summed E-state index contributed by atoms with van der Waals surface area (Å²) in [6, 6.07) is 5.85. The van der Waals surface area contributed by atoms with Crippen molar-refractivity contribution in [2.75, 3.05) is 18.5 Å². The van der Waals surface area contributed by atoms with E-state index in [9.17, 15) is 4.79 Å². The van der Waals surface area contributed by atoms with E-state index in [1.165, 1.54) is 0 Å². The molecule has 2 fully saturated rings. The van der Waals surface area contributed by atoms with Crippen LogP contribution < -0.4 is 10.1 Å². The Balaban J connectivity index is 1.72. The minimum atomic E-state index is -0.309. The first-order valence-corrected chi connectivity index (χ1v) is 6.49. The van der Waals surface area contributed by atoms with E-state index in [1.54, 1.807) is 0 Å². The Morgan fingerprint density at radius 3 is 2.94 bits per heavy atom. The summed E-state index contributed by atoms with van der Waals surface area (Å²) in [5.74, 6) is 0.989. The monoisotopic (exact) mass is 245 g/mol. The Morgan fingerprint density at radius 1 is 1.44 bits per heavy atom. The zero-order chi connectivity index (χ0) is 12.2. The molecule has 1 amide bonds. The second kappa shape index (κ2) is 3.48. The Kier molecular flexibility index (Phi) is 2.01. The molecule has 1 N–H and O–H groups in total. The van der Waals surface area contributed by atoms with Crippen LogP contribution in [0.15, 0.2) is 18.2 Å². The fourth-order valence-electron chi connectivity index (χ4n) is 2.96. The quantitative estimate of drug-likeness (QED) is 0.827. The van der Waals surface area contributed by atoms with Crippen molar-refractivity contribution in [3.63, 3.8) is 0 Å². The number of fused-ring (bicyclic) bond motifs is 2. The Bertz CT molecular complexity index is 518. The molecule has 4 heteroatoms. The second-order valence-corrected chi connectivity index (χ2v) is 5.33. The molecule has 2 aliphatic heterocycles. The van der Waals surface area contributed by atoms with E-state index in [2.05, 4.69) is 5.32 Å². The topological polar surface area (TPSA) is 50.9 Å². The molecule has 1 saturated carbocycles. The van der Waals surface area contributed by atoms with Gasteiger partial charge in [-0.2, -0.15) is 0 Å². The summed E-state index contributed by atoms with van der Waals surface area (Å²) in [4.78, 5) is 12.1. The van der Waals surface area contributed by atoms with Gasteiger partial charge in [0.2, 0.25) is 5.91 Å². The van der Waals surface area contributed by atoms with Crippen molar-refractivity contribution in [1.29, 1.82) is 0 Å². The Hall–Kier alpha value is -1.55. The van der Waals surface area contributed by atoms with Gasteiger partial charge < -0.3 is 14.8 Å². The molecule has 0 aromatic heterocycles. The summed E-state index contributed by atoms with van der Waals surface area (Å²) in [5.41, 5.74) is 1.69.